The molecule has 0 bridgehead atoms. The molecule has 1 atom stereocenters. The average molecular weight is 266 g/mol. The van der Waals surface area contributed by atoms with Gasteiger partial charge in [0, 0.05) is 17.4 Å². The highest BCUT2D eigenvalue weighted by Gasteiger charge is 2.14. The Hall–Kier alpha value is -1.52. The van der Waals surface area contributed by atoms with Crippen LogP contribution < -0.4 is 5.32 Å². The van der Waals surface area contributed by atoms with Crippen LogP contribution in [0.15, 0.2) is 36.7 Å². The minimum Gasteiger partial charge on any atom is -0.310 e. The van der Waals surface area contributed by atoms with Gasteiger partial charge in [-0.15, -0.1) is 0 Å². The van der Waals surface area contributed by atoms with Crippen LogP contribution in [0.25, 0.3) is 0 Å². The summed E-state index contributed by atoms with van der Waals surface area (Å²) in [6.45, 7) is 0. The molecule has 18 heavy (non-hydrogen) atoms. The SMILES string of the molecule is CNC(Cc1ccc(F)cc1Cl)c1ncccn1. The molecular weight excluding hydrogens is 253 g/mol. The molecule has 1 N–H and O–H groups in total. The number of rotatable bonds is 4. The monoisotopic (exact) mass is 265 g/mol. The van der Waals surface area contributed by atoms with Crippen LogP contribution in [-0.4, -0.2) is 17.0 Å². The molecule has 0 amide bonds. The van der Waals surface area contributed by atoms with Crippen LogP contribution in [0, 0.1) is 5.82 Å². The van der Waals surface area contributed by atoms with Crippen LogP contribution in [0.4, 0.5) is 4.39 Å². The lowest BCUT2D eigenvalue weighted by atomic mass is 10.1. The van der Waals surface area contributed by atoms with Gasteiger partial charge >= 0.3 is 0 Å². The van der Waals surface area contributed by atoms with Crippen LogP contribution in [-0.2, 0) is 6.42 Å². The predicted octanol–water partition coefficient (Wildman–Crippen LogP) is 2.77. The first kappa shape index (κ1) is 12.9. The lowest BCUT2D eigenvalue weighted by Crippen LogP contribution is -2.21. The fourth-order valence-corrected chi connectivity index (χ4v) is 1.96. The molecule has 0 aliphatic carbocycles. The van der Waals surface area contributed by atoms with Gasteiger partial charge in [0.25, 0.3) is 0 Å². The Morgan fingerprint density at radius 1 is 1.33 bits per heavy atom. The van der Waals surface area contributed by atoms with Gasteiger partial charge in [0.05, 0.1) is 6.04 Å². The lowest BCUT2D eigenvalue weighted by Gasteiger charge is -2.15. The summed E-state index contributed by atoms with van der Waals surface area (Å²) in [4.78, 5) is 8.41. The molecular formula is C13H13ClFN3. The zero-order chi connectivity index (χ0) is 13.0. The topological polar surface area (TPSA) is 37.8 Å². The summed E-state index contributed by atoms with van der Waals surface area (Å²) in [5, 5.41) is 3.55. The zero-order valence-electron chi connectivity index (χ0n) is 9.90. The summed E-state index contributed by atoms with van der Waals surface area (Å²) in [5.41, 5.74) is 0.866. The van der Waals surface area contributed by atoms with Gasteiger partial charge in [-0.3, -0.25) is 0 Å². The first-order valence-electron chi connectivity index (χ1n) is 5.59. The molecule has 1 aromatic carbocycles. The average Bonchev–Trinajstić information content (AvgIpc) is 2.39. The standard InChI is InChI=1S/C13H13ClFN3/c1-16-12(13-17-5-2-6-18-13)7-9-3-4-10(15)8-11(9)14/h2-6,8,12,16H,7H2,1H3. The van der Waals surface area contributed by atoms with Crippen molar-refractivity contribution in [2.75, 3.05) is 7.05 Å². The number of aromatic nitrogens is 2. The van der Waals surface area contributed by atoms with Gasteiger partial charge in [-0.05, 0) is 37.2 Å². The van der Waals surface area contributed by atoms with Crippen molar-refractivity contribution in [1.29, 1.82) is 0 Å². The summed E-state index contributed by atoms with van der Waals surface area (Å²) in [7, 11) is 1.83. The molecule has 94 valence electrons. The molecule has 0 saturated heterocycles. The van der Waals surface area contributed by atoms with Gasteiger partial charge in [-0.25, -0.2) is 14.4 Å². The summed E-state index contributed by atoms with van der Waals surface area (Å²) in [6, 6.07) is 6.12. The number of likely N-dealkylation sites (N-methyl/N-ethyl adjacent to an activating group) is 1. The molecule has 0 spiro atoms. The maximum Gasteiger partial charge on any atom is 0.145 e. The molecule has 2 rings (SSSR count). The van der Waals surface area contributed by atoms with Crippen molar-refractivity contribution in [3.8, 4) is 0 Å². The molecule has 1 unspecified atom stereocenters. The predicted molar refractivity (Wildman–Crippen MR) is 68.9 cm³/mol. The molecule has 2 aromatic rings. The van der Waals surface area contributed by atoms with Gasteiger partial charge in [0.15, 0.2) is 0 Å². The molecule has 0 aliphatic heterocycles. The molecule has 1 aromatic heterocycles. The molecule has 0 aliphatic rings. The molecule has 0 radical (unpaired) electrons. The fourth-order valence-electron chi connectivity index (χ4n) is 1.72. The van der Waals surface area contributed by atoms with E-state index in [-0.39, 0.29) is 11.9 Å². The van der Waals surface area contributed by atoms with Crippen LogP contribution in [0.1, 0.15) is 17.4 Å². The highest BCUT2D eigenvalue weighted by molar-refractivity contribution is 6.31. The maximum absolute atomic E-state index is 13.0. The first-order chi connectivity index (χ1) is 8.70. The van der Waals surface area contributed by atoms with Crippen molar-refractivity contribution in [3.63, 3.8) is 0 Å². The molecule has 0 fully saturated rings. The van der Waals surface area contributed by atoms with E-state index in [1.807, 2.05) is 7.05 Å². The number of halogens is 2. The van der Waals surface area contributed by atoms with E-state index in [1.54, 1.807) is 24.5 Å². The van der Waals surface area contributed by atoms with E-state index >= 15 is 0 Å². The smallest absolute Gasteiger partial charge is 0.145 e. The molecule has 0 saturated carbocycles. The van der Waals surface area contributed by atoms with Crippen molar-refractivity contribution in [2.24, 2.45) is 0 Å². The number of hydrogen-bond donors (Lipinski definition) is 1. The van der Waals surface area contributed by atoms with Crippen LogP contribution in [0.2, 0.25) is 5.02 Å². The number of benzene rings is 1. The third-order valence-electron chi connectivity index (χ3n) is 2.69. The third kappa shape index (κ3) is 3.03. The maximum atomic E-state index is 13.0. The Morgan fingerprint density at radius 3 is 2.67 bits per heavy atom. The second kappa shape index (κ2) is 5.89. The van der Waals surface area contributed by atoms with Crippen LogP contribution in [0.3, 0.4) is 0 Å². The lowest BCUT2D eigenvalue weighted by molar-refractivity contribution is 0.556. The Kier molecular flexibility index (Phi) is 4.23. The van der Waals surface area contributed by atoms with Crippen molar-refractivity contribution in [1.82, 2.24) is 15.3 Å². The fraction of sp³-hybridized carbons (Fsp3) is 0.231. The van der Waals surface area contributed by atoms with E-state index in [0.29, 0.717) is 17.3 Å². The Balaban J connectivity index is 2.21. The van der Waals surface area contributed by atoms with E-state index in [2.05, 4.69) is 15.3 Å². The summed E-state index contributed by atoms with van der Waals surface area (Å²) < 4.78 is 13.0. The number of hydrogen-bond acceptors (Lipinski definition) is 3. The van der Waals surface area contributed by atoms with Crippen molar-refractivity contribution in [3.05, 3.63) is 58.9 Å². The molecule has 5 heteroatoms. The van der Waals surface area contributed by atoms with Crippen LogP contribution in [0.5, 0.6) is 0 Å². The van der Waals surface area contributed by atoms with Crippen molar-refractivity contribution >= 4 is 11.6 Å². The zero-order valence-corrected chi connectivity index (χ0v) is 10.7. The summed E-state index contributed by atoms with van der Waals surface area (Å²) in [5.74, 6) is 0.362. The van der Waals surface area contributed by atoms with Crippen molar-refractivity contribution < 1.29 is 4.39 Å². The van der Waals surface area contributed by atoms with Crippen molar-refractivity contribution in [2.45, 2.75) is 12.5 Å². The van der Waals surface area contributed by atoms with E-state index < -0.39 is 0 Å². The van der Waals surface area contributed by atoms with E-state index in [1.165, 1.54) is 12.1 Å². The van der Waals surface area contributed by atoms with Gasteiger partial charge in [0.1, 0.15) is 11.6 Å². The van der Waals surface area contributed by atoms with Gasteiger partial charge in [-0.1, -0.05) is 17.7 Å². The highest BCUT2D eigenvalue weighted by Crippen LogP contribution is 2.22. The van der Waals surface area contributed by atoms with Gasteiger partial charge < -0.3 is 5.32 Å². The van der Waals surface area contributed by atoms with E-state index in [9.17, 15) is 4.39 Å². The Morgan fingerprint density at radius 2 is 2.06 bits per heavy atom. The number of nitrogens with zero attached hydrogens (tertiary/aromatic N) is 2. The highest BCUT2D eigenvalue weighted by atomic mass is 35.5. The minimum absolute atomic E-state index is 0.0471. The van der Waals surface area contributed by atoms with Gasteiger partial charge in [0.2, 0.25) is 0 Å². The molecule has 1 heterocycles. The Bertz CT molecular complexity index is 519. The number of nitrogens with one attached hydrogen (secondary N) is 1. The van der Waals surface area contributed by atoms with E-state index in [0.717, 1.165) is 5.56 Å². The summed E-state index contributed by atoms with van der Waals surface area (Å²) >= 11 is 6.01. The second-order valence-electron chi connectivity index (χ2n) is 3.89. The second-order valence-corrected chi connectivity index (χ2v) is 4.30. The van der Waals surface area contributed by atoms with E-state index in [4.69, 9.17) is 11.6 Å². The summed E-state index contributed by atoms with van der Waals surface area (Å²) in [6.07, 6.45) is 4.00. The van der Waals surface area contributed by atoms with Crippen LogP contribution >= 0.6 is 11.6 Å². The third-order valence-corrected chi connectivity index (χ3v) is 3.04. The Labute approximate surface area is 110 Å². The quantitative estimate of drug-likeness (QED) is 0.924. The first-order valence-corrected chi connectivity index (χ1v) is 5.96. The van der Waals surface area contributed by atoms with Gasteiger partial charge in [-0.2, -0.15) is 0 Å². The minimum atomic E-state index is -0.333. The molecule has 3 nitrogen and oxygen atoms in total. The normalized spacial score (nSPS) is 12.4. The largest absolute Gasteiger partial charge is 0.310 e.